The highest BCUT2D eigenvalue weighted by molar-refractivity contribution is 7.88. The number of hydrogen-bond donors (Lipinski definition) is 0. The minimum absolute atomic E-state index is 0.0786. The molecule has 0 aromatic heterocycles. The molecule has 0 aliphatic carbocycles. The Kier molecular flexibility index (Phi) is 4.79. The quantitative estimate of drug-likeness (QED) is 0.753. The Balaban J connectivity index is 1.77. The van der Waals surface area contributed by atoms with Gasteiger partial charge in [0.15, 0.2) is 0 Å². The summed E-state index contributed by atoms with van der Waals surface area (Å²) in [6.07, 6.45) is 1.38. The number of halogens is 1. The van der Waals surface area contributed by atoms with Crippen LogP contribution in [0.2, 0.25) is 0 Å². The van der Waals surface area contributed by atoms with Gasteiger partial charge in [0.25, 0.3) is 0 Å². The number of fused-ring (bicyclic) bond motifs is 1. The Morgan fingerprint density at radius 1 is 1.20 bits per heavy atom. The number of rotatable bonds is 3. The van der Waals surface area contributed by atoms with E-state index in [1.54, 1.807) is 12.1 Å². The van der Waals surface area contributed by atoms with Crippen LogP contribution in [0.4, 0.5) is 4.39 Å². The minimum Gasteiger partial charge on any atom is -0.328 e. The SMILES string of the molecule is CS(=O)(=O)N1CCC2C(=O)N(Cc3cccc(F)c3)CC(=O)N2CC1. The molecule has 1 aromatic rings. The van der Waals surface area contributed by atoms with Gasteiger partial charge in [-0.3, -0.25) is 9.59 Å². The summed E-state index contributed by atoms with van der Waals surface area (Å²) < 4.78 is 38.1. The van der Waals surface area contributed by atoms with Crippen LogP contribution in [0.5, 0.6) is 0 Å². The summed E-state index contributed by atoms with van der Waals surface area (Å²) in [6, 6.07) is 5.25. The molecule has 0 N–H and O–H groups in total. The molecule has 2 amide bonds. The number of piperazine rings is 1. The first-order valence-corrected chi connectivity index (χ1v) is 9.88. The topological polar surface area (TPSA) is 78.0 Å². The zero-order chi connectivity index (χ0) is 18.2. The van der Waals surface area contributed by atoms with Gasteiger partial charge >= 0.3 is 0 Å². The van der Waals surface area contributed by atoms with E-state index in [-0.39, 0.29) is 51.0 Å². The molecule has 1 atom stereocenters. The maximum atomic E-state index is 13.3. The molecule has 3 rings (SSSR count). The van der Waals surface area contributed by atoms with Crippen molar-refractivity contribution in [3.05, 3.63) is 35.6 Å². The van der Waals surface area contributed by atoms with Gasteiger partial charge in [-0.15, -0.1) is 0 Å². The minimum atomic E-state index is -3.37. The fraction of sp³-hybridized carbons (Fsp3) is 0.500. The van der Waals surface area contributed by atoms with Crippen LogP contribution >= 0.6 is 0 Å². The van der Waals surface area contributed by atoms with Gasteiger partial charge < -0.3 is 9.80 Å². The molecule has 25 heavy (non-hydrogen) atoms. The van der Waals surface area contributed by atoms with Gasteiger partial charge in [-0.2, -0.15) is 0 Å². The van der Waals surface area contributed by atoms with Crippen LogP contribution < -0.4 is 0 Å². The number of benzene rings is 1. The van der Waals surface area contributed by atoms with Crippen LogP contribution in [0, 0.1) is 5.82 Å². The summed E-state index contributed by atoms with van der Waals surface area (Å²) in [5.41, 5.74) is 0.612. The highest BCUT2D eigenvalue weighted by Crippen LogP contribution is 2.21. The lowest BCUT2D eigenvalue weighted by molar-refractivity contribution is -0.156. The summed E-state index contributed by atoms with van der Waals surface area (Å²) in [6.45, 7) is 0.675. The molecule has 2 aliphatic heterocycles. The summed E-state index contributed by atoms with van der Waals surface area (Å²) >= 11 is 0. The third-order valence-electron chi connectivity index (χ3n) is 4.59. The van der Waals surface area contributed by atoms with Crippen molar-refractivity contribution in [1.29, 1.82) is 0 Å². The van der Waals surface area contributed by atoms with E-state index in [2.05, 4.69) is 0 Å². The average molecular weight is 369 g/mol. The molecule has 2 aliphatic rings. The summed E-state index contributed by atoms with van der Waals surface area (Å²) in [5.74, 6) is -0.830. The van der Waals surface area contributed by atoms with Crippen molar-refractivity contribution >= 4 is 21.8 Å². The Morgan fingerprint density at radius 3 is 2.64 bits per heavy atom. The standard InChI is InChI=1S/C16H20FN3O4S/c1-25(23,24)19-6-5-14-16(22)18(11-15(21)20(14)8-7-19)10-12-3-2-4-13(17)9-12/h2-4,9,14H,5-8,10-11H2,1H3. The lowest BCUT2D eigenvalue weighted by Gasteiger charge is -2.39. The van der Waals surface area contributed by atoms with Crippen molar-refractivity contribution in [3.63, 3.8) is 0 Å². The van der Waals surface area contributed by atoms with Crippen molar-refractivity contribution in [1.82, 2.24) is 14.1 Å². The van der Waals surface area contributed by atoms with Gasteiger partial charge in [0, 0.05) is 26.2 Å². The van der Waals surface area contributed by atoms with E-state index in [1.165, 1.54) is 26.2 Å². The predicted molar refractivity (Wildman–Crippen MR) is 88.4 cm³/mol. The van der Waals surface area contributed by atoms with Crippen molar-refractivity contribution < 1.29 is 22.4 Å². The molecule has 1 unspecified atom stereocenters. The molecular formula is C16H20FN3O4S. The van der Waals surface area contributed by atoms with E-state index in [0.717, 1.165) is 6.26 Å². The van der Waals surface area contributed by atoms with Gasteiger partial charge in [0.2, 0.25) is 21.8 Å². The van der Waals surface area contributed by atoms with Crippen LogP contribution in [-0.2, 0) is 26.2 Å². The third-order valence-corrected chi connectivity index (χ3v) is 5.90. The largest absolute Gasteiger partial charge is 0.328 e. The zero-order valence-electron chi connectivity index (χ0n) is 13.9. The van der Waals surface area contributed by atoms with Crippen molar-refractivity contribution in [2.45, 2.75) is 19.0 Å². The average Bonchev–Trinajstić information content (AvgIpc) is 2.75. The van der Waals surface area contributed by atoms with Gasteiger partial charge in [-0.1, -0.05) is 12.1 Å². The summed E-state index contributed by atoms with van der Waals surface area (Å²) in [5, 5.41) is 0. The Morgan fingerprint density at radius 2 is 1.96 bits per heavy atom. The zero-order valence-corrected chi connectivity index (χ0v) is 14.7. The van der Waals surface area contributed by atoms with E-state index in [1.807, 2.05) is 0 Å². The highest BCUT2D eigenvalue weighted by Gasteiger charge is 2.41. The van der Waals surface area contributed by atoms with Crippen LogP contribution in [0.15, 0.2) is 24.3 Å². The highest BCUT2D eigenvalue weighted by atomic mass is 32.2. The summed E-state index contributed by atoms with van der Waals surface area (Å²) in [4.78, 5) is 28.1. The summed E-state index contributed by atoms with van der Waals surface area (Å²) in [7, 11) is -3.37. The molecule has 0 radical (unpaired) electrons. The van der Waals surface area contributed by atoms with Crippen molar-refractivity contribution in [3.8, 4) is 0 Å². The Labute approximate surface area is 146 Å². The first-order valence-electron chi connectivity index (χ1n) is 8.03. The normalized spacial score (nSPS) is 22.7. The lowest BCUT2D eigenvalue weighted by Crippen LogP contribution is -2.59. The number of amides is 2. The first kappa shape index (κ1) is 17.8. The van der Waals surface area contributed by atoms with Gasteiger partial charge in [-0.25, -0.2) is 17.1 Å². The molecule has 2 saturated heterocycles. The van der Waals surface area contributed by atoms with E-state index >= 15 is 0 Å². The molecule has 1 aromatic carbocycles. The Hall–Kier alpha value is -2.00. The van der Waals surface area contributed by atoms with E-state index < -0.39 is 21.9 Å². The molecule has 0 bridgehead atoms. The number of carbonyl (C=O) groups excluding carboxylic acids is 2. The van der Waals surface area contributed by atoms with Crippen molar-refractivity contribution in [2.24, 2.45) is 0 Å². The van der Waals surface area contributed by atoms with E-state index in [9.17, 15) is 22.4 Å². The molecule has 136 valence electrons. The third kappa shape index (κ3) is 3.82. The maximum Gasteiger partial charge on any atom is 0.246 e. The molecule has 0 saturated carbocycles. The first-order chi connectivity index (χ1) is 11.8. The molecular weight excluding hydrogens is 349 g/mol. The molecule has 0 spiro atoms. The lowest BCUT2D eigenvalue weighted by atomic mass is 10.1. The second kappa shape index (κ2) is 6.72. The number of sulfonamides is 1. The maximum absolute atomic E-state index is 13.3. The van der Waals surface area contributed by atoms with Gasteiger partial charge in [0.1, 0.15) is 18.4 Å². The van der Waals surface area contributed by atoms with Crippen LogP contribution in [0.1, 0.15) is 12.0 Å². The number of hydrogen-bond acceptors (Lipinski definition) is 4. The predicted octanol–water partition coefficient (Wildman–Crippen LogP) is 0.0304. The Bertz CT molecular complexity index is 798. The molecule has 7 nitrogen and oxygen atoms in total. The smallest absolute Gasteiger partial charge is 0.246 e. The monoisotopic (exact) mass is 369 g/mol. The molecule has 2 heterocycles. The van der Waals surface area contributed by atoms with E-state index in [0.29, 0.717) is 5.56 Å². The fourth-order valence-electron chi connectivity index (χ4n) is 3.33. The van der Waals surface area contributed by atoms with Gasteiger partial charge in [-0.05, 0) is 24.1 Å². The molecule has 9 heteroatoms. The van der Waals surface area contributed by atoms with Crippen molar-refractivity contribution in [2.75, 3.05) is 32.4 Å². The second-order valence-electron chi connectivity index (χ2n) is 6.38. The number of carbonyl (C=O) groups is 2. The molecule has 2 fully saturated rings. The van der Waals surface area contributed by atoms with Crippen LogP contribution in [-0.4, -0.2) is 72.8 Å². The van der Waals surface area contributed by atoms with Gasteiger partial charge in [0.05, 0.1) is 6.26 Å². The second-order valence-corrected chi connectivity index (χ2v) is 8.36. The van der Waals surface area contributed by atoms with Crippen LogP contribution in [0.25, 0.3) is 0 Å². The van der Waals surface area contributed by atoms with Crippen LogP contribution in [0.3, 0.4) is 0 Å². The number of nitrogens with zero attached hydrogens (tertiary/aromatic N) is 3. The van der Waals surface area contributed by atoms with E-state index in [4.69, 9.17) is 0 Å². The fourth-order valence-corrected chi connectivity index (χ4v) is 4.18.